The Bertz CT molecular complexity index is 860. The molecule has 7 heteroatoms. The molecule has 24 heavy (non-hydrogen) atoms. The van der Waals surface area contributed by atoms with Crippen molar-refractivity contribution in [1.82, 2.24) is 4.90 Å². The third-order valence-electron chi connectivity index (χ3n) is 4.26. The average molecular weight is 384 g/mol. The van der Waals surface area contributed by atoms with E-state index in [0.29, 0.717) is 23.6 Å². The Kier molecular flexibility index (Phi) is 4.99. The topological polar surface area (TPSA) is 54.5 Å². The first-order valence-electron chi connectivity index (χ1n) is 7.66. The van der Waals surface area contributed by atoms with Crippen molar-refractivity contribution in [2.75, 3.05) is 11.5 Å². The smallest absolute Gasteiger partial charge is 0.254 e. The van der Waals surface area contributed by atoms with Crippen molar-refractivity contribution in [3.63, 3.8) is 0 Å². The van der Waals surface area contributed by atoms with E-state index in [-0.39, 0.29) is 23.5 Å². The zero-order valence-electron chi connectivity index (χ0n) is 13.2. The quantitative estimate of drug-likeness (QED) is 0.811. The highest BCUT2D eigenvalue weighted by Gasteiger charge is 2.35. The van der Waals surface area contributed by atoms with Gasteiger partial charge in [-0.3, -0.25) is 4.79 Å². The Hall–Kier alpha value is -1.37. The lowest BCUT2D eigenvalue weighted by Crippen LogP contribution is -2.40. The molecule has 2 aromatic rings. The van der Waals surface area contributed by atoms with Crippen LogP contribution in [0, 0.1) is 6.92 Å². The Labute approximate surface area is 151 Å². The van der Waals surface area contributed by atoms with Crippen LogP contribution < -0.4 is 0 Å². The minimum absolute atomic E-state index is 0.0315. The second-order valence-electron chi connectivity index (χ2n) is 6.03. The van der Waals surface area contributed by atoms with Crippen LogP contribution in [0.15, 0.2) is 35.7 Å². The highest BCUT2D eigenvalue weighted by atomic mass is 35.5. The first-order valence-corrected chi connectivity index (χ1v) is 10.7. The maximum absolute atomic E-state index is 13.0. The van der Waals surface area contributed by atoms with Crippen LogP contribution in [0.4, 0.5) is 0 Å². The van der Waals surface area contributed by atoms with Crippen molar-refractivity contribution in [2.24, 2.45) is 0 Å². The maximum Gasteiger partial charge on any atom is 0.254 e. The van der Waals surface area contributed by atoms with E-state index in [4.69, 9.17) is 11.6 Å². The minimum Gasteiger partial charge on any atom is -0.329 e. The molecule has 3 rings (SSSR count). The predicted molar refractivity (Wildman–Crippen MR) is 97.4 cm³/mol. The van der Waals surface area contributed by atoms with Gasteiger partial charge >= 0.3 is 0 Å². The lowest BCUT2D eigenvalue weighted by Gasteiger charge is -2.28. The summed E-state index contributed by atoms with van der Waals surface area (Å²) < 4.78 is 23.7. The molecule has 1 saturated heterocycles. The van der Waals surface area contributed by atoms with Gasteiger partial charge in [-0.05, 0) is 48.6 Å². The van der Waals surface area contributed by atoms with Crippen LogP contribution in [-0.2, 0) is 16.4 Å². The van der Waals surface area contributed by atoms with Gasteiger partial charge in [-0.15, -0.1) is 11.3 Å². The van der Waals surface area contributed by atoms with Crippen LogP contribution in [0.1, 0.15) is 27.2 Å². The summed E-state index contributed by atoms with van der Waals surface area (Å²) in [5.74, 6) is -0.00293. The molecule has 4 nitrogen and oxygen atoms in total. The fourth-order valence-corrected chi connectivity index (χ4v) is 5.72. The van der Waals surface area contributed by atoms with Crippen LogP contribution >= 0.6 is 22.9 Å². The van der Waals surface area contributed by atoms with Crippen LogP contribution in [0.25, 0.3) is 0 Å². The summed E-state index contributed by atoms with van der Waals surface area (Å²) in [4.78, 5) is 15.8. The molecule has 128 valence electrons. The predicted octanol–water partition coefficient (Wildman–Crippen LogP) is 3.54. The number of carbonyl (C=O) groups excluding carboxylic acids is 1. The maximum atomic E-state index is 13.0. The highest BCUT2D eigenvalue weighted by molar-refractivity contribution is 7.91. The van der Waals surface area contributed by atoms with Crippen molar-refractivity contribution in [2.45, 2.75) is 25.9 Å². The van der Waals surface area contributed by atoms with Gasteiger partial charge in [0.15, 0.2) is 9.84 Å². The van der Waals surface area contributed by atoms with Crippen molar-refractivity contribution in [3.05, 3.63) is 56.7 Å². The van der Waals surface area contributed by atoms with E-state index in [0.717, 1.165) is 10.4 Å². The van der Waals surface area contributed by atoms with E-state index in [9.17, 15) is 13.2 Å². The molecule has 2 heterocycles. The van der Waals surface area contributed by atoms with Gasteiger partial charge in [0, 0.05) is 21.5 Å². The number of benzene rings is 1. The number of nitrogens with zero attached hydrogens (tertiary/aromatic N) is 1. The van der Waals surface area contributed by atoms with E-state index in [1.807, 2.05) is 18.4 Å². The van der Waals surface area contributed by atoms with Gasteiger partial charge in [0.2, 0.25) is 0 Å². The SMILES string of the molecule is Cc1ccsc1CN(C(=O)c1cccc(Cl)c1)C1CCS(=O)(=O)C1. The van der Waals surface area contributed by atoms with Gasteiger partial charge in [-0.1, -0.05) is 17.7 Å². The Morgan fingerprint density at radius 2 is 2.17 bits per heavy atom. The molecule has 1 fully saturated rings. The van der Waals surface area contributed by atoms with Crippen molar-refractivity contribution < 1.29 is 13.2 Å². The molecule has 1 aromatic heterocycles. The summed E-state index contributed by atoms with van der Waals surface area (Å²) in [6.07, 6.45) is 0.485. The first-order chi connectivity index (χ1) is 11.4. The number of halogens is 1. The van der Waals surface area contributed by atoms with E-state index in [2.05, 4.69) is 0 Å². The fraction of sp³-hybridized carbons (Fsp3) is 0.353. The normalized spacial score (nSPS) is 19.3. The second-order valence-corrected chi connectivity index (χ2v) is 9.69. The molecule has 0 radical (unpaired) electrons. The van der Waals surface area contributed by atoms with E-state index in [1.54, 1.807) is 40.5 Å². The number of hydrogen-bond acceptors (Lipinski definition) is 4. The lowest BCUT2D eigenvalue weighted by atomic mass is 10.1. The number of rotatable bonds is 4. The summed E-state index contributed by atoms with van der Waals surface area (Å²) in [6.45, 7) is 2.42. The monoisotopic (exact) mass is 383 g/mol. The van der Waals surface area contributed by atoms with Crippen LogP contribution in [-0.4, -0.2) is 36.8 Å². The summed E-state index contributed by atoms with van der Waals surface area (Å²) in [5.41, 5.74) is 1.60. The first kappa shape index (κ1) is 17.5. The molecule has 0 saturated carbocycles. The Morgan fingerprint density at radius 3 is 2.75 bits per heavy atom. The van der Waals surface area contributed by atoms with Crippen molar-refractivity contribution in [3.8, 4) is 0 Å². The third-order valence-corrected chi connectivity index (χ3v) is 7.26. The summed E-state index contributed by atoms with van der Waals surface area (Å²) in [5, 5.41) is 2.48. The average Bonchev–Trinajstić information content (AvgIpc) is 3.09. The number of hydrogen-bond donors (Lipinski definition) is 0. The molecule has 1 aromatic carbocycles. The van der Waals surface area contributed by atoms with Gasteiger partial charge in [-0.2, -0.15) is 0 Å². The lowest BCUT2D eigenvalue weighted by molar-refractivity contribution is 0.0683. The number of sulfone groups is 1. The number of aryl methyl sites for hydroxylation is 1. The molecular weight excluding hydrogens is 366 g/mol. The summed E-state index contributed by atoms with van der Waals surface area (Å²) in [7, 11) is -3.07. The molecule has 1 aliphatic heterocycles. The van der Waals surface area contributed by atoms with Gasteiger partial charge in [0.1, 0.15) is 0 Å². The van der Waals surface area contributed by atoms with E-state index < -0.39 is 9.84 Å². The minimum atomic E-state index is -3.07. The van der Waals surface area contributed by atoms with Gasteiger partial charge in [0.25, 0.3) is 5.91 Å². The molecule has 0 bridgehead atoms. The molecule has 1 aliphatic rings. The fourth-order valence-electron chi connectivity index (χ4n) is 2.90. The molecule has 0 N–H and O–H groups in total. The van der Waals surface area contributed by atoms with E-state index >= 15 is 0 Å². The second kappa shape index (κ2) is 6.86. The molecule has 1 atom stereocenters. The summed E-state index contributed by atoms with van der Waals surface area (Å²) >= 11 is 7.58. The molecule has 0 aliphatic carbocycles. The van der Waals surface area contributed by atoms with Gasteiger partial charge in [-0.25, -0.2) is 8.42 Å². The third kappa shape index (κ3) is 3.82. The Balaban J connectivity index is 1.92. The Morgan fingerprint density at radius 1 is 1.38 bits per heavy atom. The van der Waals surface area contributed by atoms with Crippen LogP contribution in [0.2, 0.25) is 5.02 Å². The largest absolute Gasteiger partial charge is 0.329 e. The van der Waals surface area contributed by atoms with Crippen LogP contribution in [0.3, 0.4) is 0 Å². The summed E-state index contributed by atoms with van der Waals surface area (Å²) in [6, 6.07) is 8.51. The van der Waals surface area contributed by atoms with E-state index in [1.165, 1.54) is 0 Å². The molecule has 0 spiro atoms. The molecule has 1 unspecified atom stereocenters. The zero-order valence-corrected chi connectivity index (χ0v) is 15.6. The number of thiophene rings is 1. The molecular formula is C17H18ClNO3S2. The van der Waals surface area contributed by atoms with Crippen molar-refractivity contribution in [1.29, 1.82) is 0 Å². The number of carbonyl (C=O) groups is 1. The zero-order chi connectivity index (χ0) is 17.3. The van der Waals surface area contributed by atoms with Crippen molar-refractivity contribution >= 4 is 38.7 Å². The van der Waals surface area contributed by atoms with Gasteiger partial charge in [0.05, 0.1) is 18.1 Å². The van der Waals surface area contributed by atoms with Gasteiger partial charge < -0.3 is 4.90 Å². The number of amides is 1. The molecule has 1 amide bonds. The highest BCUT2D eigenvalue weighted by Crippen LogP contribution is 2.26. The standard InChI is InChI=1S/C17H18ClNO3S2/c1-12-5-7-23-16(12)10-19(15-6-8-24(21,22)11-15)17(20)13-3-2-4-14(18)9-13/h2-5,7,9,15H,6,8,10-11H2,1H3. The van der Waals surface area contributed by atoms with Crippen LogP contribution in [0.5, 0.6) is 0 Å².